The molecule has 0 unspecified atom stereocenters. The van der Waals surface area contributed by atoms with Crippen LogP contribution in [0.4, 0.5) is 0 Å². The first-order valence-electron chi connectivity index (χ1n) is 6.10. The lowest BCUT2D eigenvalue weighted by atomic mass is 9.80. The summed E-state index contributed by atoms with van der Waals surface area (Å²) in [6.07, 6.45) is 8.48. The average molecular weight is 198 g/mol. The van der Waals surface area contributed by atoms with Gasteiger partial charge < -0.3 is 9.84 Å². The lowest BCUT2D eigenvalue weighted by Gasteiger charge is -2.30. The van der Waals surface area contributed by atoms with Crippen molar-refractivity contribution < 1.29 is 9.84 Å². The van der Waals surface area contributed by atoms with Gasteiger partial charge in [0.1, 0.15) is 0 Å². The van der Waals surface area contributed by atoms with Gasteiger partial charge in [0.05, 0.1) is 6.10 Å². The lowest BCUT2D eigenvalue weighted by Crippen LogP contribution is -2.23. The average Bonchev–Trinajstić information content (AvgIpc) is 2.23. The number of ether oxygens (including phenoxy) is 1. The molecule has 1 heterocycles. The van der Waals surface area contributed by atoms with Crippen molar-refractivity contribution in [2.75, 3.05) is 13.2 Å². The minimum absolute atomic E-state index is 0.000870. The van der Waals surface area contributed by atoms with Gasteiger partial charge in [-0.2, -0.15) is 0 Å². The minimum Gasteiger partial charge on any atom is -0.393 e. The van der Waals surface area contributed by atoms with Gasteiger partial charge in [-0.25, -0.2) is 0 Å². The maximum Gasteiger partial charge on any atom is 0.0540 e. The highest BCUT2D eigenvalue weighted by Crippen LogP contribution is 2.32. The topological polar surface area (TPSA) is 29.5 Å². The molecular weight excluding hydrogens is 176 g/mol. The van der Waals surface area contributed by atoms with Crippen molar-refractivity contribution in [3.63, 3.8) is 0 Å². The SMILES string of the molecule is OC1CCC(CC2CCOCC2)CC1. The molecule has 0 spiro atoms. The second-order valence-corrected chi connectivity index (χ2v) is 4.97. The van der Waals surface area contributed by atoms with Crippen LogP contribution in [-0.4, -0.2) is 24.4 Å². The quantitative estimate of drug-likeness (QED) is 0.738. The normalized spacial score (nSPS) is 35.8. The first kappa shape index (κ1) is 10.4. The largest absolute Gasteiger partial charge is 0.393 e. The maximum absolute atomic E-state index is 9.41. The predicted molar refractivity (Wildman–Crippen MR) is 56.1 cm³/mol. The summed E-state index contributed by atoms with van der Waals surface area (Å²) in [6.45, 7) is 1.94. The van der Waals surface area contributed by atoms with Crippen LogP contribution in [-0.2, 0) is 4.74 Å². The van der Waals surface area contributed by atoms with E-state index in [9.17, 15) is 5.11 Å². The summed E-state index contributed by atoms with van der Waals surface area (Å²) in [6, 6.07) is 0. The molecule has 0 amide bonds. The standard InChI is InChI=1S/C12H22O2/c13-12-3-1-10(2-4-12)9-11-5-7-14-8-6-11/h10-13H,1-9H2. The fourth-order valence-corrected chi connectivity index (χ4v) is 2.83. The number of hydrogen-bond donors (Lipinski definition) is 1. The van der Waals surface area contributed by atoms with Crippen LogP contribution in [0, 0.1) is 11.8 Å². The Morgan fingerprint density at radius 3 is 2.07 bits per heavy atom. The summed E-state index contributed by atoms with van der Waals surface area (Å²) >= 11 is 0. The molecule has 2 rings (SSSR count). The van der Waals surface area contributed by atoms with E-state index in [1.54, 1.807) is 0 Å². The van der Waals surface area contributed by atoms with Crippen LogP contribution in [0.5, 0.6) is 0 Å². The number of aliphatic hydroxyl groups is 1. The van der Waals surface area contributed by atoms with E-state index in [4.69, 9.17) is 4.74 Å². The van der Waals surface area contributed by atoms with E-state index in [2.05, 4.69) is 0 Å². The van der Waals surface area contributed by atoms with Gasteiger partial charge >= 0.3 is 0 Å². The van der Waals surface area contributed by atoms with Crippen LogP contribution < -0.4 is 0 Å². The van der Waals surface area contributed by atoms with Gasteiger partial charge in [0.15, 0.2) is 0 Å². The summed E-state index contributed by atoms with van der Waals surface area (Å²) < 4.78 is 5.37. The molecule has 1 saturated heterocycles. The Balaban J connectivity index is 1.68. The molecule has 1 saturated carbocycles. The molecule has 1 aliphatic heterocycles. The molecule has 0 radical (unpaired) electrons. The Morgan fingerprint density at radius 2 is 1.43 bits per heavy atom. The van der Waals surface area contributed by atoms with E-state index in [1.807, 2.05) is 0 Å². The van der Waals surface area contributed by atoms with E-state index in [1.165, 1.54) is 32.1 Å². The van der Waals surface area contributed by atoms with Crippen molar-refractivity contribution in [3.05, 3.63) is 0 Å². The van der Waals surface area contributed by atoms with Crippen molar-refractivity contribution in [3.8, 4) is 0 Å². The van der Waals surface area contributed by atoms with Gasteiger partial charge in [-0.1, -0.05) is 0 Å². The van der Waals surface area contributed by atoms with E-state index < -0.39 is 0 Å². The van der Waals surface area contributed by atoms with Crippen molar-refractivity contribution in [1.29, 1.82) is 0 Å². The number of rotatable bonds is 2. The molecule has 14 heavy (non-hydrogen) atoms. The Morgan fingerprint density at radius 1 is 0.857 bits per heavy atom. The van der Waals surface area contributed by atoms with Crippen molar-refractivity contribution >= 4 is 0 Å². The van der Waals surface area contributed by atoms with Crippen LogP contribution >= 0.6 is 0 Å². The minimum atomic E-state index is 0.000870. The first-order valence-corrected chi connectivity index (χ1v) is 6.10. The molecule has 0 atom stereocenters. The van der Waals surface area contributed by atoms with Crippen LogP contribution in [0.1, 0.15) is 44.9 Å². The second kappa shape index (κ2) is 5.13. The Labute approximate surface area is 86.6 Å². The molecule has 1 aliphatic carbocycles. The third kappa shape index (κ3) is 2.96. The Kier molecular flexibility index (Phi) is 3.82. The van der Waals surface area contributed by atoms with Gasteiger partial charge in [-0.3, -0.25) is 0 Å². The summed E-state index contributed by atoms with van der Waals surface area (Å²) in [5.74, 6) is 1.80. The third-order valence-electron chi connectivity index (χ3n) is 3.82. The fourth-order valence-electron chi connectivity index (χ4n) is 2.83. The molecule has 0 aromatic carbocycles. The third-order valence-corrected chi connectivity index (χ3v) is 3.82. The van der Waals surface area contributed by atoms with Gasteiger partial charge in [-0.05, 0) is 56.8 Å². The molecule has 2 fully saturated rings. The molecule has 2 heteroatoms. The highest BCUT2D eigenvalue weighted by Gasteiger charge is 2.23. The molecule has 82 valence electrons. The maximum atomic E-state index is 9.41. The van der Waals surface area contributed by atoms with E-state index in [-0.39, 0.29) is 6.10 Å². The predicted octanol–water partition coefficient (Wildman–Crippen LogP) is 2.35. The molecule has 0 aromatic heterocycles. The highest BCUT2D eigenvalue weighted by molar-refractivity contribution is 4.75. The van der Waals surface area contributed by atoms with E-state index in [0.717, 1.165) is 37.9 Å². The Bertz CT molecular complexity index is 156. The first-order chi connectivity index (χ1) is 6.84. The van der Waals surface area contributed by atoms with Crippen molar-refractivity contribution in [2.24, 2.45) is 11.8 Å². The zero-order valence-electron chi connectivity index (χ0n) is 8.95. The second-order valence-electron chi connectivity index (χ2n) is 4.97. The Hall–Kier alpha value is -0.0800. The van der Waals surface area contributed by atoms with Crippen LogP contribution in [0.15, 0.2) is 0 Å². The molecule has 0 aromatic rings. The van der Waals surface area contributed by atoms with Crippen molar-refractivity contribution in [2.45, 2.75) is 51.0 Å². The fraction of sp³-hybridized carbons (Fsp3) is 1.00. The zero-order chi connectivity index (χ0) is 9.80. The molecular formula is C12H22O2. The molecule has 2 nitrogen and oxygen atoms in total. The van der Waals surface area contributed by atoms with Gasteiger partial charge in [-0.15, -0.1) is 0 Å². The van der Waals surface area contributed by atoms with E-state index in [0.29, 0.717) is 0 Å². The van der Waals surface area contributed by atoms with Crippen LogP contribution in [0.25, 0.3) is 0 Å². The monoisotopic (exact) mass is 198 g/mol. The summed E-state index contributed by atoms with van der Waals surface area (Å²) in [5, 5.41) is 9.41. The van der Waals surface area contributed by atoms with Crippen molar-refractivity contribution in [1.82, 2.24) is 0 Å². The smallest absolute Gasteiger partial charge is 0.0540 e. The summed E-state index contributed by atoms with van der Waals surface area (Å²) in [5.41, 5.74) is 0. The van der Waals surface area contributed by atoms with Gasteiger partial charge in [0.2, 0.25) is 0 Å². The van der Waals surface area contributed by atoms with Gasteiger partial charge in [0.25, 0.3) is 0 Å². The van der Waals surface area contributed by atoms with Gasteiger partial charge in [0, 0.05) is 13.2 Å². The summed E-state index contributed by atoms with van der Waals surface area (Å²) in [4.78, 5) is 0. The van der Waals surface area contributed by atoms with Crippen LogP contribution in [0.2, 0.25) is 0 Å². The number of hydrogen-bond acceptors (Lipinski definition) is 2. The zero-order valence-corrected chi connectivity index (χ0v) is 8.95. The lowest BCUT2D eigenvalue weighted by molar-refractivity contribution is 0.0486. The molecule has 2 aliphatic rings. The number of aliphatic hydroxyl groups excluding tert-OH is 1. The summed E-state index contributed by atoms with van der Waals surface area (Å²) in [7, 11) is 0. The molecule has 0 bridgehead atoms. The van der Waals surface area contributed by atoms with Crippen LogP contribution in [0.3, 0.4) is 0 Å². The molecule has 1 N–H and O–H groups in total. The highest BCUT2D eigenvalue weighted by atomic mass is 16.5. The van der Waals surface area contributed by atoms with E-state index >= 15 is 0 Å².